The highest BCUT2D eigenvalue weighted by Crippen LogP contribution is 2.72. The van der Waals surface area contributed by atoms with Crippen LogP contribution in [-0.2, 0) is 31.2 Å². The van der Waals surface area contributed by atoms with Crippen molar-refractivity contribution in [2.24, 2.45) is 22.7 Å². The van der Waals surface area contributed by atoms with E-state index in [1.165, 1.54) is 33.6 Å². The van der Waals surface area contributed by atoms with Gasteiger partial charge in [-0.25, -0.2) is 0 Å². The van der Waals surface area contributed by atoms with Gasteiger partial charge in [-0.3, -0.25) is 9.59 Å². The molecule has 6 aliphatic heterocycles. The first kappa shape index (κ1) is 32.9. The van der Waals surface area contributed by atoms with Gasteiger partial charge in [0.25, 0.3) is 0 Å². The highest BCUT2D eigenvalue weighted by molar-refractivity contribution is 5.89. The van der Waals surface area contributed by atoms with Crippen molar-refractivity contribution < 1.29 is 19.1 Å². The van der Waals surface area contributed by atoms with Crippen LogP contribution in [0.15, 0.2) is 12.1 Å². The van der Waals surface area contributed by atoms with E-state index in [2.05, 4.69) is 105 Å². The fraction of sp³-hybridized carbons (Fsp3) is 0.682. The van der Waals surface area contributed by atoms with Crippen LogP contribution in [0.4, 0.5) is 11.4 Å². The molecule has 0 spiro atoms. The van der Waals surface area contributed by atoms with Crippen molar-refractivity contribution in [3.8, 4) is 11.5 Å². The van der Waals surface area contributed by atoms with Crippen molar-refractivity contribution in [2.45, 2.75) is 142 Å². The Balaban J connectivity index is 1.30. The minimum atomic E-state index is -0.573. The molecule has 7 aliphatic rings. The molecule has 0 N–H and O–H groups in total. The number of rotatable bonds is 0. The van der Waals surface area contributed by atoms with Crippen LogP contribution in [0.2, 0.25) is 0 Å². The summed E-state index contributed by atoms with van der Waals surface area (Å²) in [6.07, 6.45) is 4.21. The standard InChI is InChI=1S/C44H58N2O4/c1-39(2)13-17-45-19-15-41(5,6)31-33(45)25(39)21-23-27-29(37(47)49-35(23)31)44(11,12)28-24-22-26-34-32(36(24)50-38(48)30(28)43(27,9)10)42(7,8)16-20-46(34)18-14-40(26,3)4/h21-22,27-30H,13-20H2,1-12H3. The molecule has 1 aliphatic carbocycles. The first-order valence-electron chi connectivity index (χ1n) is 19.5. The van der Waals surface area contributed by atoms with Crippen molar-refractivity contribution in [1.29, 1.82) is 0 Å². The third-order valence-electron chi connectivity index (χ3n) is 15.5. The number of esters is 2. The van der Waals surface area contributed by atoms with Gasteiger partial charge in [0.05, 0.1) is 11.8 Å². The molecule has 50 heavy (non-hydrogen) atoms. The number of ether oxygens (including phenoxy) is 2. The van der Waals surface area contributed by atoms with Crippen LogP contribution in [0, 0.1) is 22.7 Å². The van der Waals surface area contributed by atoms with Crippen molar-refractivity contribution in [3.63, 3.8) is 0 Å². The summed E-state index contributed by atoms with van der Waals surface area (Å²) in [5.41, 5.74) is 8.53. The first-order chi connectivity index (χ1) is 23.1. The third kappa shape index (κ3) is 3.92. The summed E-state index contributed by atoms with van der Waals surface area (Å²) in [7, 11) is 0. The zero-order chi connectivity index (χ0) is 35.9. The molecular weight excluding hydrogens is 620 g/mol. The molecule has 0 saturated heterocycles. The Morgan fingerprint density at radius 1 is 0.500 bits per heavy atom. The van der Waals surface area contributed by atoms with Gasteiger partial charge in [-0.2, -0.15) is 0 Å². The second kappa shape index (κ2) is 9.50. The maximum absolute atomic E-state index is 14.9. The Morgan fingerprint density at radius 2 is 0.820 bits per heavy atom. The van der Waals surface area contributed by atoms with E-state index < -0.39 is 22.7 Å². The number of benzene rings is 2. The molecule has 0 amide bonds. The molecule has 0 radical (unpaired) electrons. The Kier molecular flexibility index (Phi) is 6.24. The third-order valence-corrected chi connectivity index (χ3v) is 15.5. The number of carbonyl (C=O) groups excluding carboxylic acids is 2. The minimum Gasteiger partial charge on any atom is -0.426 e. The number of anilines is 2. The molecule has 268 valence electrons. The average molecular weight is 679 g/mol. The van der Waals surface area contributed by atoms with Gasteiger partial charge in [0.1, 0.15) is 11.5 Å². The maximum Gasteiger partial charge on any atom is 0.315 e. The second-order valence-corrected chi connectivity index (χ2v) is 21.0. The topological polar surface area (TPSA) is 59.1 Å². The summed E-state index contributed by atoms with van der Waals surface area (Å²) in [6, 6.07) is 4.82. The molecule has 2 aromatic rings. The van der Waals surface area contributed by atoms with Crippen LogP contribution in [0.5, 0.6) is 11.5 Å². The molecule has 0 aromatic heterocycles. The van der Waals surface area contributed by atoms with Gasteiger partial charge in [0.2, 0.25) is 0 Å². The number of carbonyl (C=O) groups is 2. The molecular formula is C44H58N2O4. The average Bonchev–Trinajstić information content (AvgIpc) is 3.00. The molecule has 0 bridgehead atoms. The Morgan fingerprint density at radius 3 is 1.16 bits per heavy atom. The Bertz CT molecular complexity index is 1770. The smallest absolute Gasteiger partial charge is 0.315 e. The summed E-state index contributed by atoms with van der Waals surface area (Å²) in [5, 5.41) is 0. The SMILES string of the molecule is CC1(C)CCN2CCC(C)(C)c3c4c(cc1c32)C1C(C(=O)O4)C(C)(C)C2c3cc4c5c(c3OC(=O)C2C1(C)C)C(C)(C)CCN5CCC4(C)C. The predicted molar refractivity (Wildman–Crippen MR) is 199 cm³/mol. The van der Waals surface area contributed by atoms with Crippen molar-refractivity contribution in [3.05, 3.63) is 45.5 Å². The number of nitrogens with zero attached hydrogens (tertiary/aromatic N) is 2. The van der Waals surface area contributed by atoms with Gasteiger partial charge in [0, 0.05) is 71.6 Å². The van der Waals surface area contributed by atoms with E-state index in [0.717, 1.165) is 74.5 Å². The lowest BCUT2D eigenvalue weighted by molar-refractivity contribution is -0.172. The van der Waals surface area contributed by atoms with E-state index in [0.29, 0.717) is 0 Å². The second-order valence-electron chi connectivity index (χ2n) is 21.0. The van der Waals surface area contributed by atoms with Gasteiger partial charge in [-0.1, -0.05) is 83.1 Å². The lowest BCUT2D eigenvalue weighted by atomic mass is 9.42. The van der Waals surface area contributed by atoms with Crippen LogP contribution < -0.4 is 19.3 Å². The van der Waals surface area contributed by atoms with E-state index in [1.807, 2.05) is 0 Å². The van der Waals surface area contributed by atoms with E-state index >= 15 is 0 Å². The Hall–Kier alpha value is -3.02. The lowest BCUT2D eigenvalue weighted by Crippen LogP contribution is -2.61. The summed E-state index contributed by atoms with van der Waals surface area (Å²) >= 11 is 0. The summed E-state index contributed by atoms with van der Waals surface area (Å²) in [6.45, 7) is 31.8. The van der Waals surface area contributed by atoms with Gasteiger partial charge < -0.3 is 19.3 Å². The molecule has 4 atom stereocenters. The van der Waals surface area contributed by atoms with Crippen LogP contribution in [0.25, 0.3) is 0 Å². The molecule has 6 heterocycles. The molecule has 1 fully saturated rings. The van der Waals surface area contributed by atoms with Crippen LogP contribution in [0.1, 0.15) is 154 Å². The normalized spacial score (nSPS) is 32.2. The minimum absolute atomic E-state index is 0.00642. The van der Waals surface area contributed by atoms with Gasteiger partial charge in [0.15, 0.2) is 0 Å². The van der Waals surface area contributed by atoms with E-state index in [4.69, 9.17) is 9.47 Å². The molecule has 9 rings (SSSR count). The molecule has 6 heteroatoms. The largest absolute Gasteiger partial charge is 0.426 e. The van der Waals surface area contributed by atoms with E-state index in [9.17, 15) is 9.59 Å². The van der Waals surface area contributed by atoms with Crippen molar-refractivity contribution >= 4 is 23.3 Å². The Labute approximate surface area is 299 Å². The predicted octanol–water partition coefficient (Wildman–Crippen LogP) is 9.03. The number of fused-ring (bicyclic) bond motifs is 8. The van der Waals surface area contributed by atoms with Crippen LogP contribution in [0.3, 0.4) is 0 Å². The van der Waals surface area contributed by atoms with Crippen LogP contribution >= 0.6 is 0 Å². The van der Waals surface area contributed by atoms with Crippen molar-refractivity contribution in [1.82, 2.24) is 0 Å². The van der Waals surface area contributed by atoms with E-state index in [-0.39, 0.29) is 45.4 Å². The first-order valence-corrected chi connectivity index (χ1v) is 19.5. The summed E-state index contributed by atoms with van der Waals surface area (Å²) in [4.78, 5) is 34.9. The van der Waals surface area contributed by atoms with E-state index in [1.54, 1.807) is 0 Å². The highest BCUT2D eigenvalue weighted by atomic mass is 16.5. The summed E-state index contributed by atoms with van der Waals surface area (Å²) < 4.78 is 13.5. The van der Waals surface area contributed by atoms with Crippen molar-refractivity contribution in [2.75, 3.05) is 36.0 Å². The van der Waals surface area contributed by atoms with Gasteiger partial charge in [-0.05, 0) is 81.4 Å². The molecule has 1 saturated carbocycles. The lowest BCUT2D eigenvalue weighted by Gasteiger charge is -2.62. The molecule has 2 aromatic carbocycles. The summed E-state index contributed by atoms with van der Waals surface area (Å²) in [5.74, 6) is 0.0922. The molecule has 4 unspecified atom stereocenters. The number of hydrogen-bond acceptors (Lipinski definition) is 6. The fourth-order valence-electron chi connectivity index (χ4n) is 12.3. The van der Waals surface area contributed by atoms with Gasteiger partial charge in [-0.15, -0.1) is 0 Å². The zero-order valence-electron chi connectivity index (χ0n) is 32.6. The number of hydrogen-bond donors (Lipinski definition) is 0. The van der Waals surface area contributed by atoms with Gasteiger partial charge >= 0.3 is 11.9 Å². The maximum atomic E-state index is 14.9. The highest BCUT2D eigenvalue weighted by Gasteiger charge is 2.68. The quantitative estimate of drug-likeness (QED) is 0.205. The van der Waals surface area contributed by atoms with Crippen LogP contribution in [-0.4, -0.2) is 38.1 Å². The monoisotopic (exact) mass is 678 g/mol. The molecule has 6 nitrogen and oxygen atoms in total. The fourth-order valence-corrected chi connectivity index (χ4v) is 12.3. The zero-order valence-corrected chi connectivity index (χ0v) is 32.6.